The molecule has 3 N–H and O–H groups in total. The standard InChI is InChI=1S/C18H20N4O3/c1-10-3-5-11(6-4-10)14(18(2)7-8-18)22-15-13(12(9-23)21-22)16(24)20-17(25)19-15/h3-6,14,23H,7-9H2,1-2H3,(H2,19,20,24,25)/t14-/m0/s1. The van der Waals surface area contributed by atoms with E-state index in [1.165, 1.54) is 0 Å². The van der Waals surface area contributed by atoms with Gasteiger partial charge in [0.2, 0.25) is 0 Å². The van der Waals surface area contributed by atoms with Crippen molar-refractivity contribution in [2.75, 3.05) is 0 Å². The quantitative estimate of drug-likeness (QED) is 0.671. The number of hydrogen-bond acceptors (Lipinski definition) is 4. The number of aliphatic hydroxyl groups excluding tert-OH is 1. The highest BCUT2D eigenvalue weighted by atomic mass is 16.3. The number of aromatic amines is 2. The van der Waals surface area contributed by atoms with Gasteiger partial charge < -0.3 is 5.11 Å². The van der Waals surface area contributed by atoms with Crippen molar-refractivity contribution in [1.82, 2.24) is 19.7 Å². The van der Waals surface area contributed by atoms with Gasteiger partial charge in [0.05, 0.1) is 12.6 Å². The van der Waals surface area contributed by atoms with Crippen LogP contribution in [0.2, 0.25) is 0 Å². The summed E-state index contributed by atoms with van der Waals surface area (Å²) in [6.45, 7) is 3.84. The molecule has 2 aromatic heterocycles. The summed E-state index contributed by atoms with van der Waals surface area (Å²) in [4.78, 5) is 28.9. The fourth-order valence-electron chi connectivity index (χ4n) is 3.50. The van der Waals surface area contributed by atoms with Crippen molar-refractivity contribution < 1.29 is 5.11 Å². The lowest BCUT2D eigenvalue weighted by molar-refractivity contribution is 0.273. The van der Waals surface area contributed by atoms with Gasteiger partial charge in [0, 0.05) is 0 Å². The first-order chi connectivity index (χ1) is 11.9. The van der Waals surface area contributed by atoms with E-state index < -0.39 is 11.2 Å². The Morgan fingerprint density at radius 3 is 2.52 bits per heavy atom. The van der Waals surface area contributed by atoms with Gasteiger partial charge in [-0.3, -0.25) is 14.8 Å². The minimum absolute atomic E-state index is 0.000421. The molecule has 1 aliphatic rings. The van der Waals surface area contributed by atoms with Crippen molar-refractivity contribution in [2.45, 2.75) is 39.3 Å². The molecule has 0 amide bonds. The van der Waals surface area contributed by atoms with Crippen LogP contribution in [-0.4, -0.2) is 24.9 Å². The molecule has 0 unspecified atom stereocenters. The van der Waals surface area contributed by atoms with E-state index in [0.717, 1.165) is 24.0 Å². The van der Waals surface area contributed by atoms with E-state index in [1.54, 1.807) is 4.68 Å². The SMILES string of the molecule is Cc1ccc([C@H](n2nc(CO)c3c(=O)[nH]c(=O)[nH]c32)C2(C)CC2)cc1. The average Bonchev–Trinajstić information content (AvgIpc) is 3.20. The van der Waals surface area contributed by atoms with Crippen LogP contribution >= 0.6 is 0 Å². The van der Waals surface area contributed by atoms with Gasteiger partial charge in [-0.05, 0) is 30.7 Å². The molecule has 0 aliphatic heterocycles. The van der Waals surface area contributed by atoms with Crippen molar-refractivity contribution in [1.29, 1.82) is 0 Å². The Bertz CT molecular complexity index is 1050. The molecule has 1 aromatic carbocycles. The predicted octanol–water partition coefficient (Wildman–Crippen LogP) is 1.60. The highest BCUT2D eigenvalue weighted by molar-refractivity contribution is 5.77. The molecule has 4 rings (SSSR count). The zero-order valence-corrected chi connectivity index (χ0v) is 14.2. The lowest BCUT2D eigenvalue weighted by Gasteiger charge is -2.25. The first-order valence-electron chi connectivity index (χ1n) is 8.34. The smallest absolute Gasteiger partial charge is 0.327 e. The lowest BCUT2D eigenvalue weighted by Crippen LogP contribution is -2.25. The molecule has 2 heterocycles. The van der Waals surface area contributed by atoms with E-state index in [2.05, 4.69) is 34.1 Å². The van der Waals surface area contributed by atoms with Gasteiger partial charge >= 0.3 is 5.69 Å². The summed E-state index contributed by atoms with van der Waals surface area (Å²) in [5.74, 6) is 0. The van der Waals surface area contributed by atoms with Crippen molar-refractivity contribution in [2.24, 2.45) is 5.41 Å². The molecule has 1 saturated carbocycles. The molecular weight excluding hydrogens is 320 g/mol. The second-order valence-electron chi connectivity index (χ2n) is 7.15. The molecule has 3 aromatic rings. The topological polar surface area (TPSA) is 104 Å². The summed E-state index contributed by atoms with van der Waals surface area (Å²) in [6, 6.07) is 8.08. The zero-order chi connectivity index (χ0) is 17.8. The fraction of sp³-hybridized carbons (Fsp3) is 0.389. The van der Waals surface area contributed by atoms with Crippen LogP contribution in [-0.2, 0) is 6.61 Å². The third-order valence-corrected chi connectivity index (χ3v) is 5.16. The number of hydrogen-bond donors (Lipinski definition) is 3. The molecule has 7 heteroatoms. The average molecular weight is 340 g/mol. The van der Waals surface area contributed by atoms with Crippen LogP contribution in [0.25, 0.3) is 11.0 Å². The van der Waals surface area contributed by atoms with Crippen LogP contribution in [0.15, 0.2) is 33.9 Å². The predicted molar refractivity (Wildman–Crippen MR) is 93.6 cm³/mol. The molecule has 0 bridgehead atoms. The molecule has 7 nitrogen and oxygen atoms in total. The Morgan fingerprint density at radius 2 is 1.92 bits per heavy atom. The zero-order valence-electron chi connectivity index (χ0n) is 14.2. The number of nitrogens with one attached hydrogen (secondary N) is 2. The van der Waals surface area contributed by atoms with Gasteiger partial charge in [0.15, 0.2) is 0 Å². The van der Waals surface area contributed by atoms with Crippen LogP contribution in [0.3, 0.4) is 0 Å². The lowest BCUT2D eigenvalue weighted by atomic mass is 9.91. The first-order valence-corrected chi connectivity index (χ1v) is 8.34. The molecule has 0 spiro atoms. The summed E-state index contributed by atoms with van der Waals surface area (Å²) in [5.41, 5.74) is 1.76. The summed E-state index contributed by atoms with van der Waals surface area (Å²) in [7, 11) is 0. The molecule has 0 radical (unpaired) electrons. The van der Waals surface area contributed by atoms with Crippen LogP contribution in [0.1, 0.15) is 42.6 Å². The molecule has 1 aliphatic carbocycles. The van der Waals surface area contributed by atoms with Gasteiger partial charge in [0.1, 0.15) is 16.7 Å². The second kappa shape index (κ2) is 5.42. The number of aromatic nitrogens is 4. The van der Waals surface area contributed by atoms with E-state index in [1.807, 2.05) is 19.1 Å². The van der Waals surface area contributed by atoms with Crippen molar-refractivity contribution in [3.05, 3.63) is 61.9 Å². The van der Waals surface area contributed by atoms with E-state index in [-0.39, 0.29) is 29.1 Å². The van der Waals surface area contributed by atoms with Crippen molar-refractivity contribution >= 4 is 11.0 Å². The molecule has 130 valence electrons. The number of aryl methyl sites for hydroxylation is 1. The normalized spacial score (nSPS) is 16.9. The molecular formula is C18H20N4O3. The number of fused-ring (bicyclic) bond motifs is 1. The minimum Gasteiger partial charge on any atom is -0.390 e. The van der Waals surface area contributed by atoms with Gasteiger partial charge in [-0.25, -0.2) is 9.48 Å². The number of benzene rings is 1. The highest BCUT2D eigenvalue weighted by Gasteiger charge is 2.47. The molecule has 1 fully saturated rings. The van der Waals surface area contributed by atoms with Gasteiger partial charge in [-0.2, -0.15) is 5.10 Å². The summed E-state index contributed by atoms with van der Waals surface area (Å²) < 4.78 is 1.70. The van der Waals surface area contributed by atoms with Gasteiger partial charge in [0.25, 0.3) is 5.56 Å². The number of aliphatic hydroxyl groups is 1. The maximum absolute atomic E-state index is 12.2. The van der Waals surface area contributed by atoms with E-state index in [4.69, 9.17) is 0 Å². The summed E-state index contributed by atoms with van der Waals surface area (Å²) in [5, 5.41) is 14.4. The maximum Gasteiger partial charge on any atom is 0.327 e. The van der Waals surface area contributed by atoms with Crippen molar-refractivity contribution in [3.63, 3.8) is 0 Å². The first kappa shape index (κ1) is 15.8. The van der Waals surface area contributed by atoms with Crippen LogP contribution < -0.4 is 11.2 Å². The van der Waals surface area contributed by atoms with E-state index >= 15 is 0 Å². The van der Waals surface area contributed by atoms with Crippen LogP contribution in [0.5, 0.6) is 0 Å². The van der Waals surface area contributed by atoms with Gasteiger partial charge in [-0.1, -0.05) is 36.8 Å². The summed E-state index contributed by atoms with van der Waals surface area (Å²) >= 11 is 0. The summed E-state index contributed by atoms with van der Waals surface area (Å²) in [6.07, 6.45) is 2.07. The second-order valence-corrected chi connectivity index (χ2v) is 7.15. The Balaban J connectivity index is 2.01. The van der Waals surface area contributed by atoms with Crippen LogP contribution in [0.4, 0.5) is 0 Å². The van der Waals surface area contributed by atoms with E-state index in [0.29, 0.717) is 5.65 Å². The third kappa shape index (κ3) is 2.51. The number of nitrogens with zero attached hydrogens (tertiary/aromatic N) is 2. The molecule has 1 atom stereocenters. The number of rotatable bonds is 4. The van der Waals surface area contributed by atoms with Gasteiger partial charge in [-0.15, -0.1) is 0 Å². The Morgan fingerprint density at radius 1 is 1.24 bits per heavy atom. The Hall–Kier alpha value is -2.67. The maximum atomic E-state index is 12.2. The minimum atomic E-state index is -0.577. The fourth-order valence-corrected chi connectivity index (χ4v) is 3.50. The Kier molecular flexibility index (Phi) is 3.43. The number of H-pyrrole nitrogens is 2. The third-order valence-electron chi connectivity index (χ3n) is 5.16. The molecule has 25 heavy (non-hydrogen) atoms. The highest BCUT2D eigenvalue weighted by Crippen LogP contribution is 2.56. The van der Waals surface area contributed by atoms with E-state index in [9.17, 15) is 14.7 Å². The van der Waals surface area contributed by atoms with Crippen molar-refractivity contribution in [3.8, 4) is 0 Å². The monoisotopic (exact) mass is 340 g/mol. The Labute approximate surface area is 143 Å². The largest absolute Gasteiger partial charge is 0.390 e. The van der Waals surface area contributed by atoms with Crippen LogP contribution in [0, 0.1) is 12.3 Å². The molecule has 0 saturated heterocycles.